The maximum atomic E-state index is 16.1. The number of carbonyl (C=O) groups excluding carboxylic acids is 2. The van der Waals surface area contributed by atoms with Gasteiger partial charge in [0.1, 0.15) is 29.3 Å². The molecule has 50 heavy (non-hydrogen) atoms. The minimum atomic E-state index is -1.92. The molecule has 1 saturated heterocycles. The first kappa shape index (κ1) is 38.1. The van der Waals surface area contributed by atoms with E-state index in [1.54, 1.807) is 48.5 Å². The van der Waals surface area contributed by atoms with Crippen molar-refractivity contribution in [2.24, 2.45) is 5.41 Å². The first-order valence-electron chi connectivity index (χ1n) is 16.9. The van der Waals surface area contributed by atoms with Crippen molar-refractivity contribution in [2.45, 2.75) is 89.5 Å². The fourth-order valence-electron chi connectivity index (χ4n) is 6.90. The van der Waals surface area contributed by atoms with E-state index in [-0.39, 0.29) is 26.9 Å². The van der Waals surface area contributed by atoms with Gasteiger partial charge < -0.3 is 29.9 Å². The number of ether oxygens (including phenoxy) is 2. The summed E-state index contributed by atoms with van der Waals surface area (Å²) in [5, 5.41) is 9.93. The number of methoxy groups -OCH3 is 1. The summed E-state index contributed by atoms with van der Waals surface area (Å²) >= 11 is 12.7. The van der Waals surface area contributed by atoms with Crippen LogP contribution in [-0.2, 0) is 19.4 Å². The van der Waals surface area contributed by atoms with E-state index >= 15 is 4.39 Å². The second-order valence-corrected chi connectivity index (χ2v) is 21.6. The van der Waals surface area contributed by atoms with Crippen molar-refractivity contribution in [3.63, 3.8) is 0 Å². The molecule has 0 bridgehead atoms. The maximum absolute atomic E-state index is 16.1. The molecule has 5 rings (SSSR count). The smallest absolute Gasteiger partial charge is 0.242 e. The van der Waals surface area contributed by atoms with Crippen LogP contribution in [0.15, 0.2) is 54.6 Å². The monoisotopic (exact) mass is 743 g/mol. The molecular formula is C38H48Cl2FN3O5Si. The van der Waals surface area contributed by atoms with E-state index in [2.05, 4.69) is 70.6 Å². The van der Waals surface area contributed by atoms with Crippen LogP contribution in [-0.4, -0.2) is 52.5 Å². The van der Waals surface area contributed by atoms with Crippen molar-refractivity contribution in [3.8, 4) is 11.5 Å². The average molecular weight is 745 g/mol. The van der Waals surface area contributed by atoms with Gasteiger partial charge in [0.25, 0.3) is 0 Å². The average Bonchev–Trinajstić information content (AvgIpc) is 3.49. The highest BCUT2D eigenvalue weighted by atomic mass is 35.5. The molecule has 1 spiro atoms. The van der Waals surface area contributed by atoms with E-state index in [1.807, 2.05) is 0 Å². The lowest BCUT2D eigenvalue weighted by molar-refractivity contribution is -0.122. The molecule has 2 amide bonds. The Morgan fingerprint density at radius 1 is 1.02 bits per heavy atom. The Morgan fingerprint density at radius 2 is 1.74 bits per heavy atom. The highest BCUT2D eigenvalue weighted by Crippen LogP contribution is 2.57. The molecule has 2 aliphatic heterocycles. The van der Waals surface area contributed by atoms with Gasteiger partial charge in [-0.25, -0.2) is 4.39 Å². The molecule has 1 fully saturated rings. The lowest BCUT2D eigenvalue weighted by Gasteiger charge is -2.37. The van der Waals surface area contributed by atoms with Crippen LogP contribution in [0.1, 0.15) is 65.0 Å². The molecule has 2 heterocycles. The van der Waals surface area contributed by atoms with Gasteiger partial charge in [-0.1, -0.05) is 82.9 Å². The van der Waals surface area contributed by atoms with Crippen LogP contribution in [0.4, 0.5) is 15.8 Å². The number of nitrogens with one attached hydrogen (secondary N) is 3. The number of hydrogen-bond donors (Lipinski definition) is 3. The van der Waals surface area contributed by atoms with E-state index in [4.69, 9.17) is 37.1 Å². The van der Waals surface area contributed by atoms with Crippen molar-refractivity contribution in [1.82, 2.24) is 5.32 Å². The molecule has 12 heteroatoms. The van der Waals surface area contributed by atoms with E-state index in [0.29, 0.717) is 53.1 Å². The van der Waals surface area contributed by atoms with Crippen LogP contribution in [0, 0.1) is 11.2 Å². The molecule has 8 nitrogen and oxygen atoms in total. The summed E-state index contributed by atoms with van der Waals surface area (Å²) in [5.74, 6) is -1.53. The van der Waals surface area contributed by atoms with Gasteiger partial charge in [0, 0.05) is 28.7 Å². The minimum Gasteiger partial charge on any atom is -0.494 e. The Kier molecular flexibility index (Phi) is 10.7. The molecule has 0 aliphatic carbocycles. The third-order valence-electron chi connectivity index (χ3n) is 10.3. The second-order valence-electron chi connectivity index (χ2n) is 15.9. The molecule has 4 unspecified atom stereocenters. The number of benzene rings is 3. The van der Waals surface area contributed by atoms with E-state index in [1.165, 1.54) is 13.2 Å². The first-order chi connectivity index (χ1) is 23.3. The van der Waals surface area contributed by atoms with Gasteiger partial charge in [0.05, 0.1) is 30.5 Å². The Labute approximate surface area is 305 Å². The molecular weight excluding hydrogens is 696 g/mol. The number of anilines is 2. The molecule has 3 aromatic carbocycles. The topological polar surface area (TPSA) is 97.9 Å². The number of fused-ring (bicyclic) bond motifs is 2. The fraction of sp³-hybridized carbons (Fsp3) is 0.474. The Morgan fingerprint density at radius 3 is 2.40 bits per heavy atom. The van der Waals surface area contributed by atoms with E-state index in [9.17, 15) is 9.59 Å². The van der Waals surface area contributed by atoms with E-state index in [0.717, 1.165) is 0 Å². The van der Waals surface area contributed by atoms with Crippen LogP contribution >= 0.6 is 23.2 Å². The van der Waals surface area contributed by atoms with Crippen molar-refractivity contribution >= 4 is 54.7 Å². The fourth-order valence-corrected chi connectivity index (χ4v) is 8.28. The largest absolute Gasteiger partial charge is 0.494 e. The summed E-state index contributed by atoms with van der Waals surface area (Å²) in [6, 6.07) is 13.4. The standard InChI is InChI=1S/C38H48Cl2FN3O5Si/c1-36(2,3)21-30-38(25-15-13-22(39)19-28(25)43-35(38)46)31(24-11-10-12-26(40)32(24)41)33(44-30)34(45)42-27-16-14-23(20-29(27)47-7)48-17-18-49-50(8,9)37(4,5)6/h10-16,19-20,30-31,33,44H,17-18,21H2,1-9H3,(H,42,45)(H,43,46). The van der Waals surface area contributed by atoms with Crippen molar-refractivity contribution in [1.29, 1.82) is 0 Å². The van der Waals surface area contributed by atoms with Gasteiger partial charge >= 0.3 is 0 Å². The molecule has 3 aromatic rings. The second kappa shape index (κ2) is 14.1. The third kappa shape index (κ3) is 7.28. The predicted octanol–water partition coefficient (Wildman–Crippen LogP) is 8.93. The lowest BCUT2D eigenvalue weighted by atomic mass is 9.62. The number of hydrogen-bond acceptors (Lipinski definition) is 6. The number of carbonyl (C=O) groups is 2. The Balaban J connectivity index is 1.50. The summed E-state index contributed by atoms with van der Waals surface area (Å²) in [4.78, 5) is 28.9. The quantitative estimate of drug-likeness (QED) is 0.142. The lowest BCUT2D eigenvalue weighted by Crippen LogP contribution is -2.49. The van der Waals surface area contributed by atoms with Crippen LogP contribution in [0.2, 0.25) is 28.2 Å². The van der Waals surface area contributed by atoms with Crippen molar-refractivity contribution in [3.05, 3.63) is 81.6 Å². The minimum absolute atomic E-state index is 0.0902. The highest BCUT2D eigenvalue weighted by Gasteiger charge is 2.66. The van der Waals surface area contributed by atoms with Crippen LogP contribution in [0.3, 0.4) is 0 Å². The zero-order valence-corrected chi connectivity index (χ0v) is 32.7. The van der Waals surface area contributed by atoms with E-state index < -0.39 is 43.5 Å². The molecule has 270 valence electrons. The van der Waals surface area contributed by atoms with Crippen LogP contribution < -0.4 is 25.4 Å². The van der Waals surface area contributed by atoms with Gasteiger partial charge in [-0.15, -0.1) is 0 Å². The Bertz CT molecular complexity index is 1780. The van der Waals surface area contributed by atoms with Crippen LogP contribution in [0.25, 0.3) is 0 Å². The van der Waals surface area contributed by atoms with Gasteiger partial charge in [-0.05, 0) is 71.4 Å². The summed E-state index contributed by atoms with van der Waals surface area (Å²) in [6.07, 6.45) is 0.499. The summed E-state index contributed by atoms with van der Waals surface area (Å²) in [7, 11) is -0.409. The summed E-state index contributed by atoms with van der Waals surface area (Å²) in [5.41, 5.74) is 0.0989. The predicted molar refractivity (Wildman–Crippen MR) is 201 cm³/mol. The van der Waals surface area contributed by atoms with Gasteiger partial charge in [0.2, 0.25) is 11.8 Å². The maximum Gasteiger partial charge on any atom is 0.242 e. The molecule has 4 atom stereocenters. The van der Waals surface area contributed by atoms with Crippen LogP contribution in [0.5, 0.6) is 11.5 Å². The molecule has 2 aliphatic rings. The first-order valence-corrected chi connectivity index (χ1v) is 20.5. The third-order valence-corrected chi connectivity index (χ3v) is 15.3. The Hall–Kier alpha value is -3.15. The van der Waals surface area contributed by atoms with Gasteiger partial charge in [0.15, 0.2) is 8.32 Å². The zero-order valence-electron chi connectivity index (χ0n) is 30.2. The van der Waals surface area contributed by atoms with Crippen molar-refractivity contribution in [2.75, 3.05) is 31.0 Å². The SMILES string of the molecule is COc1cc(OCCO[Si](C)(C)C(C)(C)C)ccc1NC(=O)C1NC(CC(C)(C)C)C2(C(=O)Nc3cc(Cl)ccc32)C1c1cccc(Cl)c1F. The van der Waals surface area contributed by atoms with Gasteiger partial charge in [-0.3, -0.25) is 9.59 Å². The highest BCUT2D eigenvalue weighted by molar-refractivity contribution is 6.74. The van der Waals surface area contributed by atoms with Crippen molar-refractivity contribution < 1.29 is 27.9 Å². The van der Waals surface area contributed by atoms with Gasteiger partial charge in [-0.2, -0.15) is 0 Å². The molecule has 0 radical (unpaired) electrons. The molecule has 0 saturated carbocycles. The zero-order chi connectivity index (χ0) is 36.8. The number of halogens is 3. The summed E-state index contributed by atoms with van der Waals surface area (Å²) < 4.78 is 34.0. The molecule has 3 N–H and O–H groups in total. The molecule has 0 aromatic heterocycles. The summed E-state index contributed by atoms with van der Waals surface area (Å²) in [6.45, 7) is 17.9. The number of amides is 2. The number of rotatable bonds is 10. The normalized spacial score (nSPS) is 22.0.